The predicted molar refractivity (Wildman–Crippen MR) is 60.1 cm³/mol. The number of carbonyl (C=O) groups is 1. The molecule has 14 heavy (non-hydrogen) atoms. The Labute approximate surface area is 90.9 Å². The van der Waals surface area contributed by atoms with E-state index in [4.69, 9.17) is 0 Å². The molecule has 1 aliphatic carbocycles. The predicted octanol–water partition coefficient (Wildman–Crippen LogP) is 3.12. The molecular formula is C12H15ClO. The number of rotatable bonds is 1. The molecule has 0 radical (unpaired) electrons. The molecule has 0 saturated carbocycles. The van der Waals surface area contributed by atoms with Crippen molar-refractivity contribution in [3.63, 3.8) is 0 Å². The maximum atomic E-state index is 11.4. The summed E-state index contributed by atoms with van der Waals surface area (Å²) < 4.78 is 0. The molecular weight excluding hydrogens is 196 g/mol. The molecule has 2 rings (SSSR count). The van der Waals surface area contributed by atoms with Crippen LogP contribution in [-0.2, 0) is 11.2 Å². The van der Waals surface area contributed by atoms with Crippen molar-refractivity contribution in [2.24, 2.45) is 0 Å². The molecule has 0 N–H and O–H groups in total. The van der Waals surface area contributed by atoms with E-state index in [2.05, 4.69) is 18.2 Å². The van der Waals surface area contributed by atoms with Gasteiger partial charge in [-0.1, -0.05) is 24.3 Å². The van der Waals surface area contributed by atoms with Crippen molar-refractivity contribution >= 4 is 18.2 Å². The first-order chi connectivity index (χ1) is 6.29. The Morgan fingerprint density at radius 3 is 2.79 bits per heavy atom. The van der Waals surface area contributed by atoms with Crippen LogP contribution in [0.3, 0.4) is 0 Å². The summed E-state index contributed by atoms with van der Waals surface area (Å²) in [6.07, 6.45) is 3.33. The molecule has 1 aliphatic rings. The number of halogens is 1. The van der Waals surface area contributed by atoms with Crippen LogP contribution >= 0.6 is 12.4 Å². The number of benzene rings is 1. The van der Waals surface area contributed by atoms with Gasteiger partial charge in [0.25, 0.3) is 0 Å². The lowest BCUT2D eigenvalue weighted by molar-refractivity contribution is -0.118. The van der Waals surface area contributed by atoms with Gasteiger partial charge in [-0.25, -0.2) is 0 Å². The fourth-order valence-electron chi connectivity index (χ4n) is 2.18. The van der Waals surface area contributed by atoms with Gasteiger partial charge in [-0.05, 0) is 37.3 Å². The second-order valence-corrected chi connectivity index (χ2v) is 3.75. The van der Waals surface area contributed by atoms with Crippen molar-refractivity contribution in [1.29, 1.82) is 0 Å². The number of hydrogen-bond acceptors (Lipinski definition) is 1. The third-order valence-electron chi connectivity index (χ3n) is 2.86. The van der Waals surface area contributed by atoms with Crippen LogP contribution in [0.5, 0.6) is 0 Å². The lowest BCUT2D eigenvalue weighted by atomic mass is 9.81. The SMILES string of the molecule is CC(=O)C1CCCc2ccccc21.Cl. The lowest BCUT2D eigenvalue weighted by Crippen LogP contribution is -2.15. The van der Waals surface area contributed by atoms with Crippen molar-refractivity contribution in [2.75, 3.05) is 0 Å². The average molecular weight is 211 g/mol. The summed E-state index contributed by atoms with van der Waals surface area (Å²) in [5.74, 6) is 0.483. The number of Topliss-reactive ketones (excluding diaryl/α,β-unsaturated/α-hetero) is 1. The van der Waals surface area contributed by atoms with Crippen LogP contribution in [0.2, 0.25) is 0 Å². The van der Waals surface area contributed by atoms with E-state index in [1.54, 1.807) is 6.92 Å². The number of aryl methyl sites for hydroxylation is 1. The van der Waals surface area contributed by atoms with Crippen LogP contribution in [0.15, 0.2) is 24.3 Å². The largest absolute Gasteiger partial charge is 0.299 e. The maximum absolute atomic E-state index is 11.4. The topological polar surface area (TPSA) is 17.1 Å². The smallest absolute Gasteiger partial charge is 0.137 e. The molecule has 1 nitrogen and oxygen atoms in total. The van der Waals surface area contributed by atoms with Gasteiger partial charge in [0.1, 0.15) is 5.78 Å². The van der Waals surface area contributed by atoms with Crippen molar-refractivity contribution in [1.82, 2.24) is 0 Å². The Kier molecular flexibility index (Phi) is 3.70. The highest BCUT2D eigenvalue weighted by atomic mass is 35.5. The molecule has 0 spiro atoms. The van der Waals surface area contributed by atoms with E-state index in [9.17, 15) is 4.79 Å². The normalized spacial score (nSPS) is 19.4. The molecule has 2 heteroatoms. The minimum atomic E-state index is 0. The number of hydrogen-bond donors (Lipinski definition) is 0. The van der Waals surface area contributed by atoms with Crippen molar-refractivity contribution in [2.45, 2.75) is 32.1 Å². The zero-order valence-corrected chi connectivity index (χ0v) is 9.14. The van der Waals surface area contributed by atoms with Gasteiger partial charge in [0.05, 0.1) is 0 Å². The molecule has 76 valence electrons. The van der Waals surface area contributed by atoms with Crippen molar-refractivity contribution < 1.29 is 4.79 Å². The van der Waals surface area contributed by atoms with Crippen LogP contribution in [0.4, 0.5) is 0 Å². The van der Waals surface area contributed by atoms with E-state index in [1.165, 1.54) is 11.1 Å². The van der Waals surface area contributed by atoms with E-state index in [1.807, 2.05) is 6.07 Å². The van der Waals surface area contributed by atoms with Gasteiger partial charge < -0.3 is 0 Å². The first kappa shape index (κ1) is 11.3. The third kappa shape index (κ3) is 1.98. The summed E-state index contributed by atoms with van der Waals surface area (Å²) in [5.41, 5.74) is 2.63. The zero-order valence-electron chi connectivity index (χ0n) is 8.32. The molecule has 0 heterocycles. The molecule has 0 saturated heterocycles. The van der Waals surface area contributed by atoms with Gasteiger partial charge in [0.2, 0.25) is 0 Å². The standard InChI is InChI=1S/C12H14O.ClH/c1-9(13)11-8-4-6-10-5-2-3-7-12(10)11;/h2-3,5,7,11H,4,6,8H2,1H3;1H. The third-order valence-corrected chi connectivity index (χ3v) is 2.86. The van der Waals surface area contributed by atoms with Crippen molar-refractivity contribution in [3.05, 3.63) is 35.4 Å². The first-order valence-electron chi connectivity index (χ1n) is 4.87. The summed E-state index contributed by atoms with van der Waals surface area (Å²) in [7, 11) is 0. The Bertz CT molecular complexity index is 333. The van der Waals surface area contributed by atoms with Gasteiger partial charge in [-0.15, -0.1) is 12.4 Å². The molecule has 0 aliphatic heterocycles. The summed E-state index contributed by atoms with van der Waals surface area (Å²) >= 11 is 0. The Balaban J connectivity index is 0.000000980. The van der Waals surface area contributed by atoms with Gasteiger partial charge in [0.15, 0.2) is 0 Å². The van der Waals surface area contributed by atoms with Crippen LogP contribution < -0.4 is 0 Å². The highest BCUT2D eigenvalue weighted by molar-refractivity contribution is 5.85. The Hall–Kier alpha value is -0.820. The number of carbonyl (C=O) groups excluding carboxylic acids is 1. The maximum Gasteiger partial charge on any atom is 0.137 e. The van der Waals surface area contributed by atoms with Crippen LogP contribution in [-0.4, -0.2) is 5.78 Å². The van der Waals surface area contributed by atoms with Crippen molar-refractivity contribution in [3.8, 4) is 0 Å². The second-order valence-electron chi connectivity index (χ2n) is 3.75. The van der Waals surface area contributed by atoms with Gasteiger partial charge >= 0.3 is 0 Å². The number of fused-ring (bicyclic) bond motifs is 1. The molecule has 1 aromatic carbocycles. The van der Waals surface area contributed by atoms with Crippen LogP contribution in [0.25, 0.3) is 0 Å². The molecule has 0 amide bonds. The molecule has 0 bridgehead atoms. The number of ketones is 1. The minimum Gasteiger partial charge on any atom is -0.299 e. The minimum absolute atomic E-state index is 0. The van der Waals surface area contributed by atoms with Gasteiger partial charge in [0, 0.05) is 5.92 Å². The van der Waals surface area contributed by atoms with E-state index >= 15 is 0 Å². The monoisotopic (exact) mass is 210 g/mol. The van der Waals surface area contributed by atoms with E-state index in [0.717, 1.165) is 19.3 Å². The highest BCUT2D eigenvalue weighted by Gasteiger charge is 2.22. The van der Waals surface area contributed by atoms with E-state index in [0.29, 0.717) is 5.78 Å². The van der Waals surface area contributed by atoms with Crippen LogP contribution in [0, 0.1) is 0 Å². The van der Waals surface area contributed by atoms with Crippen LogP contribution in [0.1, 0.15) is 36.8 Å². The second kappa shape index (κ2) is 4.61. The Morgan fingerprint density at radius 2 is 2.07 bits per heavy atom. The Morgan fingerprint density at radius 1 is 1.36 bits per heavy atom. The fraction of sp³-hybridized carbons (Fsp3) is 0.417. The van der Waals surface area contributed by atoms with E-state index < -0.39 is 0 Å². The first-order valence-corrected chi connectivity index (χ1v) is 4.87. The summed E-state index contributed by atoms with van der Waals surface area (Å²) in [5, 5.41) is 0. The molecule has 1 unspecified atom stereocenters. The molecule has 1 atom stereocenters. The van der Waals surface area contributed by atoms with E-state index in [-0.39, 0.29) is 18.3 Å². The molecule has 1 aromatic rings. The molecule has 0 fully saturated rings. The van der Waals surface area contributed by atoms with Gasteiger partial charge in [-0.2, -0.15) is 0 Å². The summed E-state index contributed by atoms with van der Waals surface area (Å²) in [4.78, 5) is 11.4. The molecule has 0 aromatic heterocycles. The lowest BCUT2D eigenvalue weighted by Gasteiger charge is -2.22. The van der Waals surface area contributed by atoms with Gasteiger partial charge in [-0.3, -0.25) is 4.79 Å². The highest BCUT2D eigenvalue weighted by Crippen LogP contribution is 2.31. The summed E-state index contributed by atoms with van der Waals surface area (Å²) in [6.45, 7) is 1.70. The fourth-order valence-corrected chi connectivity index (χ4v) is 2.18. The average Bonchev–Trinajstić information content (AvgIpc) is 2.17. The quantitative estimate of drug-likeness (QED) is 0.696. The summed E-state index contributed by atoms with van der Waals surface area (Å²) in [6, 6.07) is 8.33. The zero-order chi connectivity index (χ0) is 9.26.